The van der Waals surface area contributed by atoms with Gasteiger partial charge in [-0.3, -0.25) is 15.0 Å². The minimum atomic E-state index is -0.442. The first kappa shape index (κ1) is 22.6. The molecule has 2 heterocycles. The standard InChI is InChI=1S/C28H26N4O3/c33-28-26(24-19-23(32(34)35)14-15-25(24)30-28)27(21-8-2-1-3-9-21)29-22-12-10-20(11-13-22)7-6-18-31-16-4-5-17-31/h1-3,6-15,19,30,33H,4-5,16-18H2. The average Bonchev–Trinajstić information content (AvgIpc) is 3.50. The lowest BCUT2D eigenvalue weighted by Gasteiger charge is -2.10. The van der Waals surface area contributed by atoms with Gasteiger partial charge in [-0.1, -0.05) is 54.6 Å². The second-order valence-electron chi connectivity index (χ2n) is 8.66. The van der Waals surface area contributed by atoms with Crippen LogP contribution in [-0.4, -0.2) is 45.3 Å². The number of H-pyrrole nitrogens is 1. The van der Waals surface area contributed by atoms with E-state index in [9.17, 15) is 15.2 Å². The summed E-state index contributed by atoms with van der Waals surface area (Å²) in [6.45, 7) is 3.30. The summed E-state index contributed by atoms with van der Waals surface area (Å²) in [4.78, 5) is 21.2. The summed E-state index contributed by atoms with van der Waals surface area (Å²) in [6.07, 6.45) is 6.87. The van der Waals surface area contributed by atoms with Crippen molar-refractivity contribution in [3.63, 3.8) is 0 Å². The van der Waals surface area contributed by atoms with Crippen LogP contribution >= 0.6 is 0 Å². The molecule has 5 rings (SSSR count). The first-order chi connectivity index (χ1) is 17.1. The summed E-state index contributed by atoms with van der Waals surface area (Å²) in [5.41, 5.74) is 4.14. The van der Waals surface area contributed by atoms with Crippen molar-refractivity contribution in [1.29, 1.82) is 0 Å². The monoisotopic (exact) mass is 466 g/mol. The van der Waals surface area contributed by atoms with Crippen molar-refractivity contribution >= 4 is 34.1 Å². The molecular formula is C28H26N4O3. The molecule has 0 bridgehead atoms. The second kappa shape index (κ2) is 9.95. The summed E-state index contributed by atoms with van der Waals surface area (Å²) in [5, 5.41) is 22.7. The number of rotatable bonds is 7. The molecule has 176 valence electrons. The number of hydrogen-bond donors (Lipinski definition) is 2. The molecule has 3 aromatic carbocycles. The van der Waals surface area contributed by atoms with Crippen molar-refractivity contribution in [2.24, 2.45) is 4.99 Å². The van der Waals surface area contributed by atoms with Gasteiger partial charge < -0.3 is 10.1 Å². The van der Waals surface area contributed by atoms with Gasteiger partial charge in [-0.15, -0.1) is 0 Å². The fourth-order valence-electron chi connectivity index (χ4n) is 4.47. The third kappa shape index (κ3) is 5.00. The number of likely N-dealkylation sites (tertiary alicyclic amines) is 1. The van der Waals surface area contributed by atoms with E-state index in [2.05, 4.69) is 22.0 Å². The van der Waals surface area contributed by atoms with Gasteiger partial charge in [-0.25, -0.2) is 4.99 Å². The van der Waals surface area contributed by atoms with Crippen LogP contribution < -0.4 is 0 Å². The fourth-order valence-corrected chi connectivity index (χ4v) is 4.47. The molecule has 0 amide bonds. The summed E-state index contributed by atoms with van der Waals surface area (Å²) in [5.74, 6) is -0.0791. The number of aromatic hydroxyl groups is 1. The highest BCUT2D eigenvalue weighted by Crippen LogP contribution is 2.33. The molecule has 0 unspecified atom stereocenters. The molecule has 7 heteroatoms. The quantitative estimate of drug-likeness (QED) is 0.197. The van der Waals surface area contributed by atoms with Crippen LogP contribution in [0.3, 0.4) is 0 Å². The van der Waals surface area contributed by atoms with E-state index in [1.54, 1.807) is 6.07 Å². The molecule has 1 saturated heterocycles. The molecule has 2 N–H and O–H groups in total. The zero-order valence-corrected chi connectivity index (χ0v) is 19.2. The molecule has 4 aromatic rings. The van der Waals surface area contributed by atoms with Gasteiger partial charge in [0.2, 0.25) is 0 Å². The normalized spacial score (nSPS) is 14.8. The Morgan fingerprint density at radius 3 is 2.51 bits per heavy atom. The SMILES string of the molecule is O=[N+]([O-])c1ccc2[nH]c(O)c(C(=Nc3ccc(C=CCN4CCCC4)cc3)c3ccccc3)c2c1. The highest BCUT2D eigenvalue weighted by Gasteiger charge is 2.20. The largest absolute Gasteiger partial charge is 0.494 e. The molecule has 1 aromatic heterocycles. The zero-order valence-electron chi connectivity index (χ0n) is 19.2. The molecular weight excluding hydrogens is 440 g/mol. The van der Waals surface area contributed by atoms with E-state index in [0.29, 0.717) is 22.2 Å². The number of aromatic amines is 1. The number of aromatic nitrogens is 1. The Balaban J connectivity index is 1.52. The van der Waals surface area contributed by atoms with Crippen LogP contribution in [0, 0.1) is 10.1 Å². The fraction of sp³-hybridized carbons (Fsp3) is 0.179. The molecule has 0 aliphatic carbocycles. The van der Waals surface area contributed by atoms with Gasteiger partial charge >= 0.3 is 0 Å². The molecule has 7 nitrogen and oxygen atoms in total. The Kier molecular flexibility index (Phi) is 6.41. The second-order valence-corrected chi connectivity index (χ2v) is 8.66. The van der Waals surface area contributed by atoms with Gasteiger partial charge in [-0.05, 0) is 49.7 Å². The summed E-state index contributed by atoms with van der Waals surface area (Å²) in [6, 6.07) is 21.9. The minimum absolute atomic E-state index is 0.0461. The maximum atomic E-state index is 11.4. The Bertz CT molecular complexity index is 1400. The molecule has 1 aliphatic rings. The van der Waals surface area contributed by atoms with Crippen LogP contribution in [-0.2, 0) is 0 Å². The maximum Gasteiger partial charge on any atom is 0.270 e. The lowest BCUT2D eigenvalue weighted by molar-refractivity contribution is -0.384. The molecule has 1 fully saturated rings. The van der Waals surface area contributed by atoms with Crippen molar-refractivity contribution < 1.29 is 10.0 Å². The number of aliphatic imine (C=N–C) groups is 1. The summed E-state index contributed by atoms with van der Waals surface area (Å²) >= 11 is 0. The number of fused-ring (bicyclic) bond motifs is 1. The van der Waals surface area contributed by atoms with E-state index in [4.69, 9.17) is 4.99 Å². The zero-order chi connectivity index (χ0) is 24.2. The van der Waals surface area contributed by atoms with Crippen LogP contribution in [0.15, 0.2) is 83.9 Å². The third-order valence-corrected chi connectivity index (χ3v) is 6.26. The first-order valence-corrected chi connectivity index (χ1v) is 11.7. The number of non-ortho nitro benzene ring substituents is 1. The van der Waals surface area contributed by atoms with E-state index < -0.39 is 4.92 Å². The Labute approximate surface area is 203 Å². The van der Waals surface area contributed by atoms with Gasteiger partial charge in [0.15, 0.2) is 5.88 Å². The van der Waals surface area contributed by atoms with Crippen molar-refractivity contribution in [1.82, 2.24) is 9.88 Å². The van der Waals surface area contributed by atoms with E-state index in [-0.39, 0.29) is 11.6 Å². The molecule has 0 radical (unpaired) electrons. The van der Waals surface area contributed by atoms with E-state index in [0.717, 1.165) is 23.4 Å². The van der Waals surface area contributed by atoms with Gasteiger partial charge in [0.05, 0.1) is 21.9 Å². The molecule has 0 spiro atoms. The highest BCUT2D eigenvalue weighted by molar-refractivity contribution is 6.22. The van der Waals surface area contributed by atoms with Crippen molar-refractivity contribution in [2.75, 3.05) is 19.6 Å². The van der Waals surface area contributed by atoms with Crippen LogP contribution in [0.2, 0.25) is 0 Å². The summed E-state index contributed by atoms with van der Waals surface area (Å²) < 4.78 is 0. The lowest BCUT2D eigenvalue weighted by atomic mass is 10.0. The van der Waals surface area contributed by atoms with Crippen LogP contribution in [0.25, 0.3) is 17.0 Å². The van der Waals surface area contributed by atoms with Crippen molar-refractivity contribution in [3.8, 4) is 5.88 Å². The highest BCUT2D eigenvalue weighted by atomic mass is 16.6. The number of nitro benzene ring substituents is 1. The number of hydrogen-bond acceptors (Lipinski definition) is 5. The Morgan fingerprint density at radius 1 is 1.06 bits per heavy atom. The number of nitro groups is 1. The molecule has 35 heavy (non-hydrogen) atoms. The molecule has 0 saturated carbocycles. The number of nitrogens with zero attached hydrogens (tertiary/aromatic N) is 3. The first-order valence-electron chi connectivity index (χ1n) is 11.7. The number of benzene rings is 3. The lowest BCUT2D eigenvalue weighted by Crippen LogP contribution is -2.18. The predicted octanol–water partition coefficient (Wildman–Crippen LogP) is 6.06. The molecule has 1 aliphatic heterocycles. The summed E-state index contributed by atoms with van der Waals surface area (Å²) in [7, 11) is 0. The van der Waals surface area contributed by atoms with Crippen molar-refractivity contribution in [3.05, 3.63) is 106 Å². The van der Waals surface area contributed by atoms with E-state index in [1.165, 1.54) is 38.1 Å². The molecule has 0 atom stereocenters. The average molecular weight is 467 g/mol. The van der Waals surface area contributed by atoms with Crippen LogP contribution in [0.5, 0.6) is 5.88 Å². The smallest absolute Gasteiger partial charge is 0.270 e. The maximum absolute atomic E-state index is 11.4. The minimum Gasteiger partial charge on any atom is -0.494 e. The van der Waals surface area contributed by atoms with Gasteiger partial charge in [0.25, 0.3) is 5.69 Å². The van der Waals surface area contributed by atoms with Crippen molar-refractivity contribution in [2.45, 2.75) is 12.8 Å². The van der Waals surface area contributed by atoms with Gasteiger partial charge in [0, 0.05) is 35.1 Å². The van der Waals surface area contributed by atoms with Gasteiger partial charge in [0.1, 0.15) is 0 Å². The topological polar surface area (TPSA) is 94.8 Å². The predicted molar refractivity (Wildman–Crippen MR) is 140 cm³/mol. The van der Waals surface area contributed by atoms with Crippen LogP contribution in [0.1, 0.15) is 29.5 Å². The number of nitrogens with one attached hydrogen (secondary N) is 1. The van der Waals surface area contributed by atoms with Crippen LogP contribution in [0.4, 0.5) is 11.4 Å². The Morgan fingerprint density at radius 2 is 1.80 bits per heavy atom. The van der Waals surface area contributed by atoms with E-state index >= 15 is 0 Å². The third-order valence-electron chi connectivity index (χ3n) is 6.26. The Hall–Kier alpha value is -4.23. The van der Waals surface area contributed by atoms with E-state index in [1.807, 2.05) is 54.6 Å². The van der Waals surface area contributed by atoms with Gasteiger partial charge in [-0.2, -0.15) is 0 Å².